The Morgan fingerprint density at radius 3 is 2.12 bits per heavy atom. The van der Waals surface area contributed by atoms with E-state index in [1.807, 2.05) is 0 Å². The summed E-state index contributed by atoms with van der Waals surface area (Å²) in [6, 6.07) is 10.5. The molecule has 182 valence electrons. The number of nitrogens with one attached hydrogen (secondary N) is 1. The standard InChI is InChI=1S/C23H25ClF5NO3/c1-21(2,3)33-20(32)30-18(19(31)16-5-4-6-17(24)12-16)11-14-7-9-15(10-8-14)13-22(25,26)23(27,28)29/h4-10,12,18-19,31H,11,13H2,1-3H3,(H,30,32). The summed E-state index contributed by atoms with van der Waals surface area (Å²) >= 11 is 5.98. The van der Waals surface area contributed by atoms with E-state index in [0.717, 1.165) is 12.1 Å². The van der Waals surface area contributed by atoms with E-state index in [4.69, 9.17) is 16.3 Å². The fraction of sp³-hybridized carbons (Fsp3) is 0.435. The van der Waals surface area contributed by atoms with Crippen LogP contribution in [0.15, 0.2) is 48.5 Å². The van der Waals surface area contributed by atoms with Gasteiger partial charge in [0.05, 0.1) is 12.1 Å². The first-order valence-electron chi connectivity index (χ1n) is 10.0. The molecule has 0 bridgehead atoms. The molecular formula is C23H25ClF5NO3. The lowest BCUT2D eigenvalue weighted by Gasteiger charge is -2.27. The number of halogens is 6. The van der Waals surface area contributed by atoms with Crippen LogP contribution in [0.3, 0.4) is 0 Å². The number of alkyl halides is 5. The molecule has 0 radical (unpaired) electrons. The average molecular weight is 494 g/mol. The van der Waals surface area contributed by atoms with Crippen molar-refractivity contribution in [1.29, 1.82) is 0 Å². The number of alkyl carbamates (subject to hydrolysis) is 1. The monoisotopic (exact) mass is 493 g/mol. The molecule has 2 unspecified atom stereocenters. The maximum Gasteiger partial charge on any atom is 0.453 e. The van der Waals surface area contributed by atoms with Gasteiger partial charge in [-0.2, -0.15) is 22.0 Å². The minimum absolute atomic E-state index is 0.0445. The number of hydrogen-bond donors (Lipinski definition) is 2. The Bertz CT molecular complexity index is 942. The fourth-order valence-electron chi connectivity index (χ4n) is 3.03. The van der Waals surface area contributed by atoms with E-state index in [1.165, 1.54) is 18.2 Å². The number of carbonyl (C=O) groups excluding carboxylic acids is 1. The highest BCUT2D eigenvalue weighted by molar-refractivity contribution is 6.30. The molecule has 33 heavy (non-hydrogen) atoms. The normalized spacial score (nSPS) is 14.5. The molecule has 0 spiro atoms. The molecule has 2 atom stereocenters. The summed E-state index contributed by atoms with van der Waals surface area (Å²) in [7, 11) is 0. The van der Waals surface area contributed by atoms with Gasteiger partial charge in [0.25, 0.3) is 0 Å². The summed E-state index contributed by atoms with van der Waals surface area (Å²) < 4.78 is 69.2. The molecule has 10 heteroatoms. The predicted molar refractivity (Wildman–Crippen MR) is 114 cm³/mol. The first kappa shape index (κ1) is 26.9. The number of benzene rings is 2. The number of ether oxygens (including phenoxy) is 1. The molecule has 0 saturated carbocycles. The lowest BCUT2D eigenvalue weighted by Crippen LogP contribution is -2.43. The Balaban J connectivity index is 2.22. The maximum absolute atomic E-state index is 13.3. The lowest BCUT2D eigenvalue weighted by atomic mass is 9.95. The third-order valence-corrected chi connectivity index (χ3v) is 4.83. The fourth-order valence-corrected chi connectivity index (χ4v) is 3.23. The van der Waals surface area contributed by atoms with Crippen LogP contribution in [0.1, 0.15) is 43.6 Å². The van der Waals surface area contributed by atoms with Crippen molar-refractivity contribution in [2.75, 3.05) is 0 Å². The van der Waals surface area contributed by atoms with E-state index in [2.05, 4.69) is 5.32 Å². The molecule has 2 N–H and O–H groups in total. The summed E-state index contributed by atoms with van der Waals surface area (Å²) in [4.78, 5) is 12.3. The van der Waals surface area contributed by atoms with E-state index in [1.54, 1.807) is 39.0 Å². The molecule has 0 heterocycles. The summed E-state index contributed by atoms with van der Waals surface area (Å²) in [6.45, 7) is 5.01. The Kier molecular flexibility index (Phi) is 8.35. The summed E-state index contributed by atoms with van der Waals surface area (Å²) in [5.41, 5.74) is -0.0737. The van der Waals surface area contributed by atoms with Crippen LogP contribution in [0, 0.1) is 0 Å². The predicted octanol–water partition coefficient (Wildman–Crippen LogP) is 6.25. The van der Waals surface area contributed by atoms with Gasteiger partial charge >= 0.3 is 18.2 Å². The zero-order chi connectivity index (χ0) is 25.0. The largest absolute Gasteiger partial charge is 0.453 e. The van der Waals surface area contributed by atoms with E-state index in [0.29, 0.717) is 16.1 Å². The number of aliphatic hydroxyl groups excluding tert-OH is 1. The highest BCUT2D eigenvalue weighted by atomic mass is 35.5. The van der Waals surface area contributed by atoms with Crippen LogP contribution >= 0.6 is 11.6 Å². The lowest BCUT2D eigenvalue weighted by molar-refractivity contribution is -0.281. The summed E-state index contributed by atoms with van der Waals surface area (Å²) in [6.07, 6.45) is -9.07. The molecule has 0 aliphatic rings. The first-order valence-corrected chi connectivity index (χ1v) is 10.4. The van der Waals surface area contributed by atoms with Crippen molar-refractivity contribution in [3.8, 4) is 0 Å². The van der Waals surface area contributed by atoms with Crippen LogP contribution in [-0.2, 0) is 17.6 Å². The number of aliphatic hydroxyl groups is 1. The third kappa shape index (κ3) is 8.16. The second kappa shape index (κ2) is 10.3. The molecule has 2 aromatic carbocycles. The third-order valence-electron chi connectivity index (χ3n) is 4.59. The van der Waals surface area contributed by atoms with Gasteiger partial charge in [-0.3, -0.25) is 0 Å². The quantitative estimate of drug-likeness (QED) is 0.448. The highest BCUT2D eigenvalue weighted by Crippen LogP contribution is 2.38. The van der Waals surface area contributed by atoms with E-state index < -0.39 is 42.4 Å². The minimum atomic E-state index is -5.64. The van der Waals surface area contributed by atoms with Gasteiger partial charge in [-0.1, -0.05) is 48.0 Å². The summed E-state index contributed by atoms with van der Waals surface area (Å²) in [5.74, 6) is -4.85. The van der Waals surface area contributed by atoms with Gasteiger partial charge in [0.15, 0.2) is 0 Å². The minimum Gasteiger partial charge on any atom is -0.444 e. The number of carbonyl (C=O) groups is 1. The van der Waals surface area contributed by atoms with E-state index >= 15 is 0 Å². The van der Waals surface area contributed by atoms with Gasteiger partial charge in [0, 0.05) is 11.4 Å². The van der Waals surface area contributed by atoms with Crippen molar-refractivity contribution >= 4 is 17.7 Å². The van der Waals surface area contributed by atoms with Crippen LogP contribution < -0.4 is 5.32 Å². The molecule has 0 aliphatic carbocycles. The Hall–Kier alpha value is -2.39. The zero-order valence-corrected chi connectivity index (χ0v) is 19.0. The molecular weight excluding hydrogens is 469 g/mol. The Morgan fingerprint density at radius 2 is 1.61 bits per heavy atom. The van der Waals surface area contributed by atoms with Crippen LogP contribution in [0.2, 0.25) is 5.02 Å². The molecule has 0 saturated heterocycles. The van der Waals surface area contributed by atoms with Gasteiger partial charge in [-0.05, 0) is 56.0 Å². The average Bonchev–Trinajstić information content (AvgIpc) is 2.66. The second-order valence-corrected chi connectivity index (χ2v) is 9.09. The molecule has 2 aromatic rings. The van der Waals surface area contributed by atoms with E-state index in [9.17, 15) is 31.9 Å². The molecule has 0 aromatic heterocycles. The van der Waals surface area contributed by atoms with Crippen LogP contribution in [-0.4, -0.2) is 34.9 Å². The smallest absolute Gasteiger partial charge is 0.444 e. The molecule has 1 amide bonds. The van der Waals surface area contributed by atoms with E-state index in [-0.39, 0.29) is 12.0 Å². The highest BCUT2D eigenvalue weighted by Gasteiger charge is 2.57. The van der Waals surface area contributed by atoms with Crippen molar-refractivity contribution in [3.63, 3.8) is 0 Å². The van der Waals surface area contributed by atoms with Crippen LogP contribution in [0.25, 0.3) is 0 Å². The molecule has 0 fully saturated rings. The van der Waals surface area contributed by atoms with Crippen molar-refractivity contribution < 1.29 is 36.6 Å². The van der Waals surface area contributed by atoms with Crippen molar-refractivity contribution in [1.82, 2.24) is 5.32 Å². The Labute approximate surface area is 193 Å². The SMILES string of the molecule is CC(C)(C)OC(=O)NC(Cc1ccc(CC(F)(F)C(F)(F)F)cc1)C(O)c1cccc(Cl)c1. The van der Waals surface area contributed by atoms with Gasteiger partial charge < -0.3 is 15.2 Å². The van der Waals surface area contributed by atoms with Gasteiger partial charge in [-0.25, -0.2) is 4.79 Å². The van der Waals surface area contributed by atoms with Gasteiger partial charge in [-0.15, -0.1) is 0 Å². The van der Waals surface area contributed by atoms with Crippen LogP contribution in [0.5, 0.6) is 0 Å². The molecule has 4 nitrogen and oxygen atoms in total. The topological polar surface area (TPSA) is 58.6 Å². The number of hydrogen-bond acceptors (Lipinski definition) is 3. The first-order chi connectivity index (χ1) is 15.1. The summed E-state index contributed by atoms with van der Waals surface area (Å²) in [5, 5.41) is 13.8. The molecule has 0 aliphatic heterocycles. The maximum atomic E-state index is 13.3. The number of amides is 1. The second-order valence-electron chi connectivity index (χ2n) is 8.65. The van der Waals surface area contributed by atoms with Crippen LogP contribution in [0.4, 0.5) is 26.7 Å². The number of rotatable bonds is 7. The zero-order valence-electron chi connectivity index (χ0n) is 18.2. The molecule has 2 rings (SSSR count). The van der Waals surface area contributed by atoms with Crippen molar-refractivity contribution in [2.45, 2.75) is 63.5 Å². The Morgan fingerprint density at radius 1 is 1.03 bits per heavy atom. The van der Waals surface area contributed by atoms with Gasteiger partial charge in [0.2, 0.25) is 0 Å². The van der Waals surface area contributed by atoms with Gasteiger partial charge in [0.1, 0.15) is 5.60 Å². The van der Waals surface area contributed by atoms with Crippen molar-refractivity contribution in [2.24, 2.45) is 0 Å². The van der Waals surface area contributed by atoms with Crippen molar-refractivity contribution in [3.05, 3.63) is 70.2 Å².